The molecule has 1 atom stereocenters. The number of benzene rings is 1. The van der Waals surface area contributed by atoms with Crippen LogP contribution in [0.2, 0.25) is 0 Å². The summed E-state index contributed by atoms with van der Waals surface area (Å²) in [7, 11) is 0. The van der Waals surface area contributed by atoms with Gasteiger partial charge in [0.1, 0.15) is 0 Å². The second kappa shape index (κ2) is 3.15. The molecule has 0 saturated heterocycles. The molecule has 0 radical (unpaired) electrons. The minimum absolute atomic E-state index is 0.281. The Hall–Kier alpha value is -0.820. The van der Waals surface area contributed by atoms with Crippen molar-refractivity contribution in [1.29, 1.82) is 0 Å². The summed E-state index contributed by atoms with van der Waals surface area (Å²) >= 11 is 0. The molecule has 0 spiro atoms. The lowest BCUT2D eigenvalue weighted by Crippen LogP contribution is -2.18. The Labute approximate surface area is 80.0 Å². The Morgan fingerprint density at radius 1 is 1.31 bits per heavy atom. The average molecular weight is 175 g/mol. The molecular formula is C12H17N. The van der Waals surface area contributed by atoms with Gasteiger partial charge in [0, 0.05) is 6.04 Å². The van der Waals surface area contributed by atoms with Gasteiger partial charge in [-0.2, -0.15) is 0 Å². The molecule has 1 nitrogen and oxygen atoms in total. The van der Waals surface area contributed by atoms with Gasteiger partial charge in [0.25, 0.3) is 0 Å². The fourth-order valence-corrected chi connectivity index (χ4v) is 2.23. The molecule has 0 saturated carbocycles. The predicted molar refractivity (Wildman–Crippen MR) is 55.8 cm³/mol. The molecule has 1 aliphatic rings. The number of nitrogens with two attached hydrogens (primary N) is 1. The van der Waals surface area contributed by atoms with E-state index in [9.17, 15) is 0 Å². The molecule has 0 amide bonds. The molecule has 2 rings (SSSR count). The standard InChI is InChI=1S/C12H17N/c1-8-6-7-11-10(9(8)2)4-3-5-12(11)13/h6-7,12H,3-5,13H2,1-2H3. The summed E-state index contributed by atoms with van der Waals surface area (Å²) in [5, 5.41) is 0. The lowest BCUT2D eigenvalue weighted by Gasteiger charge is -2.24. The Balaban J connectivity index is 2.56. The minimum atomic E-state index is 0.281. The molecule has 2 N–H and O–H groups in total. The van der Waals surface area contributed by atoms with Gasteiger partial charge in [-0.15, -0.1) is 0 Å². The van der Waals surface area contributed by atoms with Crippen molar-refractivity contribution in [1.82, 2.24) is 0 Å². The summed E-state index contributed by atoms with van der Waals surface area (Å²) < 4.78 is 0. The number of rotatable bonds is 0. The normalized spacial score (nSPS) is 21.3. The van der Waals surface area contributed by atoms with Gasteiger partial charge in [-0.25, -0.2) is 0 Å². The molecule has 13 heavy (non-hydrogen) atoms. The van der Waals surface area contributed by atoms with Crippen LogP contribution >= 0.6 is 0 Å². The molecule has 1 heteroatoms. The quantitative estimate of drug-likeness (QED) is 0.644. The Bertz CT molecular complexity index is 328. The van der Waals surface area contributed by atoms with Crippen LogP contribution in [0.15, 0.2) is 12.1 Å². The van der Waals surface area contributed by atoms with E-state index in [-0.39, 0.29) is 6.04 Å². The molecule has 0 bridgehead atoms. The van der Waals surface area contributed by atoms with Crippen molar-refractivity contribution in [2.24, 2.45) is 5.73 Å². The maximum atomic E-state index is 6.07. The first-order valence-electron chi connectivity index (χ1n) is 5.04. The van der Waals surface area contributed by atoms with Crippen LogP contribution in [-0.2, 0) is 6.42 Å². The lowest BCUT2D eigenvalue weighted by molar-refractivity contribution is 0.568. The Morgan fingerprint density at radius 3 is 2.85 bits per heavy atom. The fraction of sp³-hybridized carbons (Fsp3) is 0.500. The van der Waals surface area contributed by atoms with Crippen LogP contribution in [0, 0.1) is 13.8 Å². The molecule has 0 fully saturated rings. The van der Waals surface area contributed by atoms with Crippen LogP contribution in [0.3, 0.4) is 0 Å². The minimum Gasteiger partial charge on any atom is -0.324 e. The van der Waals surface area contributed by atoms with Crippen LogP contribution in [0.25, 0.3) is 0 Å². The van der Waals surface area contributed by atoms with Gasteiger partial charge in [0.05, 0.1) is 0 Å². The van der Waals surface area contributed by atoms with Crippen LogP contribution in [0.5, 0.6) is 0 Å². The smallest absolute Gasteiger partial charge is 0.0297 e. The average Bonchev–Trinajstić information content (AvgIpc) is 2.12. The molecule has 70 valence electrons. The van der Waals surface area contributed by atoms with Crippen LogP contribution < -0.4 is 5.73 Å². The highest BCUT2D eigenvalue weighted by Crippen LogP contribution is 2.31. The van der Waals surface area contributed by atoms with E-state index >= 15 is 0 Å². The molecular weight excluding hydrogens is 158 g/mol. The summed E-state index contributed by atoms with van der Waals surface area (Å²) in [5.41, 5.74) is 11.8. The van der Waals surface area contributed by atoms with Gasteiger partial charge in [-0.1, -0.05) is 12.1 Å². The third-order valence-electron chi connectivity index (χ3n) is 3.25. The van der Waals surface area contributed by atoms with Crippen LogP contribution in [0.1, 0.15) is 41.1 Å². The van der Waals surface area contributed by atoms with E-state index in [0.29, 0.717) is 0 Å². The molecule has 0 heterocycles. The third kappa shape index (κ3) is 1.37. The van der Waals surface area contributed by atoms with Gasteiger partial charge >= 0.3 is 0 Å². The summed E-state index contributed by atoms with van der Waals surface area (Å²) in [6.07, 6.45) is 3.62. The zero-order valence-electron chi connectivity index (χ0n) is 8.43. The van der Waals surface area contributed by atoms with Crippen molar-refractivity contribution < 1.29 is 0 Å². The van der Waals surface area contributed by atoms with Crippen molar-refractivity contribution in [3.05, 3.63) is 34.4 Å². The summed E-state index contributed by atoms with van der Waals surface area (Å²) in [4.78, 5) is 0. The molecule has 1 aliphatic carbocycles. The van der Waals surface area contributed by atoms with Gasteiger partial charge < -0.3 is 5.73 Å². The third-order valence-corrected chi connectivity index (χ3v) is 3.25. The van der Waals surface area contributed by atoms with Gasteiger partial charge in [0.2, 0.25) is 0 Å². The second-order valence-corrected chi connectivity index (χ2v) is 4.07. The SMILES string of the molecule is Cc1ccc2c(c1C)CCCC2N. The van der Waals surface area contributed by atoms with Crippen molar-refractivity contribution >= 4 is 0 Å². The van der Waals surface area contributed by atoms with Crippen LogP contribution in [-0.4, -0.2) is 0 Å². The van der Waals surface area contributed by atoms with Gasteiger partial charge in [-0.3, -0.25) is 0 Å². The second-order valence-electron chi connectivity index (χ2n) is 4.07. The maximum absolute atomic E-state index is 6.07. The first kappa shape index (κ1) is 8.76. The molecule has 1 unspecified atom stereocenters. The Morgan fingerprint density at radius 2 is 2.08 bits per heavy atom. The van der Waals surface area contributed by atoms with E-state index in [2.05, 4.69) is 26.0 Å². The van der Waals surface area contributed by atoms with Gasteiger partial charge in [-0.05, 0) is 55.4 Å². The molecule has 0 aromatic heterocycles. The predicted octanol–water partition coefficient (Wildman–Crippen LogP) is 2.64. The highest BCUT2D eigenvalue weighted by atomic mass is 14.6. The highest BCUT2D eigenvalue weighted by Gasteiger charge is 2.18. The monoisotopic (exact) mass is 175 g/mol. The number of fused-ring (bicyclic) bond motifs is 1. The first-order chi connectivity index (χ1) is 6.20. The zero-order valence-corrected chi connectivity index (χ0v) is 8.43. The van der Waals surface area contributed by atoms with Crippen molar-refractivity contribution in [2.45, 2.75) is 39.2 Å². The van der Waals surface area contributed by atoms with Crippen molar-refractivity contribution in [3.8, 4) is 0 Å². The highest BCUT2D eigenvalue weighted by molar-refractivity contribution is 5.42. The van der Waals surface area contributed by atoms with E-state index in [0.717, 1.165) is 6.42 Å². The summed E-state index contributed by atoms with van der Waals surface area (Å²) in [5.74, 6) is 0. The first-order valence-corrected chi connectivity index (χ1v) is 5.04. The molecule has 1 aromatic carbocycles. The zero-order chi connectivity index (χ0) is 9.42. The van der Waals surface area contributed by atoms with E-state index < -0.39 is 0 Å². The lowest BCUT2D eigenvalue weighted by atomic mass is 9.84. The summed E-state index contributed by atoms with van der Waals surface area (Å²) in [6.45, 7) is 4.39. The van der Waals surface area contributed by atoms with E-state index in [1.54, 1.807) is 0 Å². The van der Waals surface area contributed by atoms with Crippen molar-refractivity contribution in [2.75, 3.05) is 0 Å². The summed E-state index contributed by atoms with van der Waals surface area (Å²) in [6, 6.07) is 4.68. The number of aryl methyl sites for hydroxylation is 1. The van der Waals surface area contributed by atoms with Crippen LogP contribution in [0.4, 0.5) is 0 Å². The van der Waals surface area contributed by atoms with Gasteiger partial charge in [0.15, 0.2) is 0 Å². The number of hydrogen-bond donors (Lipinski definition) is 1. The van der Waals surface area contributed by atoms with E-state index in [4.69, 9.17) is 5.73 Å². The van der Waals surface area contributed by atoms with E-state index in [1.807, 2.05) is 0 Å². The topological polar surface area (TPSA) is 26.0 Å². The largest absolute Gasteiger partial charge is 0.324 e. The van der Waals surface area contributed by atoms with Crippen molar-refractivity contribution in [3.63, 3.8) is 0 Å². The maximum Gasteiger partial charge on any atom is 0.0297 e. The molecule has 0 aliphatic heterocycles. The van der Waals surface area contributed by atoms with E-state index in [1.165, 1.54) is 35.1 Å². The fourth-order valence-electron chi connectivity index (χ4n) is 2.23. The molecule has 1 aromatic rings. The number of hydrogen-bond acceptors (Lipinski definition) is 1. The Kier molecular flexibility index (Phi) is 2.12.